The normalized spacial score (nSPS) is 10.6. The van der Waals surface area contributed by atoms with Gasteiger partial charge in [0, 0.05) is 11.3 Å². The van der Waals surface area contributed by atoms with Crippen molar-refractivity contribution in [1.82, 2.24) is 4.98 Å². The van der Waals surface area contributed by atoms with Crippen LogP contribution in [-0.2, 0) is 12.8 Å². The van der Waals surface area contributed by atoms with Gasteiger partial charge in [0.05, 0.1) is 24.4 Å². The Morgan fingerprint density at radius 3 is 2.76 bits per heavy atom. The number of thiazole rings is 1. The van der Waals surface area contributed by atoms with Gasteiger partial charge in [0.1, 0.15) is 0 Å². The first-order valence-corrected chi connectivity index (χ1v) is 8.10. The number of hydrogen-bond donors (Lipinski definition) is 1. The molecule has 0 atom stereocenters. The summed E-state index contributed by atoms with van der Waals surface area (Å²) in [6, 6.07) is 5.97. The van der Waals surface area contributed by atoms with Gasteiger partial charge in [-0.2, -0.15) is 0 Å². The number of aryl methyl sites for hydroxylation is 1. The van der Waals surface area contributed by atoms with Crippen LogP contribution in [0.4, 0.5) is 0 Å². The summed E-state index contributed by atoms with van der Waals surface area (Å²) in [5.74, 6) is 1.62. The Kier molecular flexibility index (Phi) is 6.02. The Morgan fingerprint density at radius 1 is 1.24 bits per heavy atom. The van der Waals surface area contributed by atoms with Crippen LogP contribution in [0.5, 0.6) is 11.5 Å². The van der Waals surface area contributed by atoms with E-state index in [2.05, 4.69) is 4.98 Å². The molecule has 2 rings (SSSR count). The maximum Gasteiger partial charge on any atom is 0.164 e. The molecule has 0 radical (unpaired) electrons. The van der Waals surface area contributed by atoms with E-state index in [1.54, 1.807) is 11.3 Å². The quantitative estimate of drug-likeness (QED) is 0.814. The Labute approximate surface area is 129 Å². The lowest BCUT2D eigenvalue weighted by Crippen LogP contribution is -2.09. The van der Waals surface area contributed by atoms with Gasteiger partial charge in [0.2, 0.25) is 0 Å². The molecule has 1 aromatic heterocycles. The second-order valence-electron chi connectivity index (χ2n) is 4.68. The maximum absolute atomic E-state index is 6.00. The molecular weight excluding hydrogens is 284 g/mol. The van der Waals surface area contributed by atoms with Crippen LogP contribution in [0.15, 0.2) is 23.7 Å². The zero-order chi connectivity index (χ0) is 15.1. The topological polar surface area (TPSA) is 57.4 Å². The summed E-state index contributed by atoms with van der Waals surface area (Å²) in [4.78, 5) is 5.53. The van der Waals surface area contributed by atoms with E-state index in [0.717, 1.165) is 35.6 Å². The fourth-order valence-corrected chi connectivity index (χ4v) is 2.92. The first-order valence-electron chi connectivity index (χ1n) is 7.22. The molecule has 21 heavy (non-hydrogen) atoms. The van der Waals surface area contributed by atoms with Crippen LogP contribution < -0.4 is 15.2 Å². The standard InChI is InChI=1S/C16H22N2O2S/c1-3-19-14-6-4-5-13(7-9-17)16(14)20-10-8-15-12(2)18-11-21-15/h4-6,11H,3,7-10,17H2,1-2H3. The molecule has 0 saturated heterocycles. The Balaban J connectivity index is 2.07. The van der Waals surface area contributed by atoms with Crippen molar-refractivity contribution in [2.24, 2.45) is 5.73 Å². The van der Waals surface area contributed by atoms with E-state index in [1.807, 2.05) is 37.6 Å². The van der Waals surface area contributed by atoms with Crippen LogP contribution in [0, 0.1) is 6.92 Å². The summed E-state index contributed by atoms with van der Waals surface area (Å²) < 4.78 is 11.7. The minimum absolute atomic E-state index is 0.597. The molecule has 2 N–H and O–H groups in total. The van der Waals surface area contributed by atoms with Crippen LogP contribution in [0.25, 0.3) is 0 Å². The Morgan fingerprint density at radius 2 is 2.10 bits per heavy atom. The summed E-state index contributed by atoms with van der Waals surface area (Å²) in [6.45, 7) is 5.83. The van der Waals surface area contributed by atoms with Gasteiger partial charge in [0.15, 0.2) is 11.5 Å². The summed E-state index contributed by atoms with van der Waals surface area (Å²) in [6.07, 6.45) is 1.65. The average Bonchev–Trinajstić information content (AvgIpc) is 2.88. The second-order valence-corrected chi connectivity index (χ2v) is 5.61. The predicted molar refractivity (Wildman–Crippen MR) is 86.4 cm³/mol. The molecule has 0 saturated carbocycles. The lowest BCUT2D eigenvalue weighted by molar-refractivity contribution is 0.277. The number of nitrogens with two attached hydrogens (primary N) is 1. The molecular formula is C16H22N2O2S. The first kappa shape index (κ1) is 15.8. The number of hydrogen-bond acceptors (Lipinski definition) is 5. The number of rotatable bonds is 8. The zero-order valence-electron chi connectivity index (χ0n) is 12.6. The van der Waals surface area contributed by atoms with Gasteiger partial charge >= 0.3 is 0 Å². The summed E-state index contributed by atoms with van der Waals surface area (Å²) in [5, 5.41) is 0. The molecule has 5 heteroatoms. The van der Waals surface area contributed by atoms with Gasteiger partial charge in [-0.3, -0.25) is 0 Å². The predicted octanol–water partition coefficient (Wildman–Crippen LogP) is 2.97. The van der Waals surface area contributed by atoms with Crippen molar-refractivity contribution in [3.8, 4) is 11.5 Å². The fourth-order valence-electron chi connectivity index (χ4n) is 2.16. The van der Waals surface area contributed by atoms with Gasteiger partial charge in [-0.15, -0.1) is 11.3 Å². The van der Waals surface area contributed by atoms with Gasteiger partial charge < -0.3 is 15.2 Å². The highest BCUT2D eigenvalue weighted by atomic mass is 32.1. The lowest BCUT2D eigenvalue weighted by atomic mass is 10.1. The minimum atomic E-state index is 0.597. The van der Waals surface area contributed by atoms with Crippen molar-refractivity contribution in [1.29, 1.82) is 0 Å². The summed E-state index contributed by atoms with van der Waals surface area (Å²) >= 11 is 1.67. The maximum atomic E-state index is 6.00. The van der Waals surface area contributed by atoms with Crippen LogP contribution in [0.1, 0.15) is 23.1 Å². The molecule has 1 aromatic carbocycles. The molecule has 0 amide bonds. The average molecular weight is 306 g/mol. The summed E-state index contributed by atoms with van der Waals surface area (Å²) in [7, 11) is 0. The van der Waals surface area contributed by atoms with Crippen LogP contribution in [0.2, 0.25) is 0 Å². The first-order chi connectivity index (χ1) is 10.3. The third kappa shape index (κ3) is 4.19. The van der Waals surface area contributed by atoms with Gasteiger partial charge in [-0.1, -0.05) is 12.1 Å². The number of aromatic nitrogens is 1. The van der Waals surface area contributed by atoms with E-state index in [0.29, 0.717) is 19.8 Å². The van der Waals surface area contributed by atoms with E-state index >= 15 is 0 Å². The lowest BCUT2D eigenvalue weighted by Gasteiger charge is -2.15. The minimum Gasteiger partial charge on any atom is -0.490 e. The number of benzene rings is 1. The number of nitrogens with zero attached hydrogens (tertiary/aromatic N) is 1. The molecule has 0 bridgehead atoms. The number of ether oxygens (including phenoxy) is 2. The highest BCUT2D eigenvalue weighted by Crippen LogP contribution is 2.32. The van der Waals surface area contributed by atoms with E-state index < -0.39 is 0 Å². The van der Waals surface area contributed by atoms with Gasteiger partial charge in [-0.25, -0.2) is 4.98 Å². The van der Waals surface area contributed by atoms with Gasteiger partial charge in [-0.05, 0) is 38.4 Å². The summed E-state index contributed by atoms with van der Waals surface area (Å²) in [5.41, 5.74) is 9.74. The Bertz CT molecular complexity index is 545. The van der Waals surface area contributed by atoms with E-state index in [9.17, 15) is 0 Å². The third-order valence-electron chi connectivity index (χ3n) is 3.19. The number of para-hydroxylation sites is 1. The molecule has 1 heterocycles. The van der Waals surface area contributed by atoms with Crippen molar-refractivity contribution in [3.63, 3.8) is 0 Å². The van der Waals surface area contributed by atoms with Crippen molar-refractivity contribution in [2.45, 2.75) is 26.7 Å². The second kappa shape index (κ2) is 8.00. The van der Waals surface area contributed by atoms with E-state index in [-0.39, 0.29) is 0 Å². The smallest absolute Gasteiger partial charge is 0.164 e. The van der Waals surface area contributed by atoms with Crippen molar-refractivity contribution in [3.05, 3.63) is 39.8 Å². The molecule has 4 nitrogen and oxygen atoms in total. The molecule has 0 aliphatic heterocycles. The fraction of sp³-hybridized carbons (Fsp3) is 0.438. The molecule has 0 spiro atoms. The third-order valence-corrected chi connectivity index (χ3v) is 4.19. The zero-order valence-corrected chi connectivity index (χ0v) is 13.4. The molecule has 0 fully saturated rings. The molecule has 0 aliphatic carbocycles. The highest BCUT2D eigenvalue weighted by molar-refractivity contribution is 7.09. The van der Waals surface area contributed by atoms with E-state index in [1.165, 1.54) is 4.88 Å². The molecule has 2 aromatic rings. The largest absolute Gasteiger partial charge is 0.490 e. The van der Waals surface area contributed by atoms with Crippen molar-refractivity contribution < 1.29 is 9.47 Å². The van der Waals surface area contributed by atoms with Crippen molar-refractivity contribution >= 4 is 11.3 Å². The van der Waals surface area contributed by atoms with Crippen LogP contribution in [0.3, 0.4) is 0 Å². The van der Waals surface area contributed by atoms with Crippen LogP contribution in [-0.4, -0.2) is 24.7 Å². The Hall–Kier alpha value is -1.59. The van der Waals surface area contributed by atoms with Gasteiger partial charge in [0.25, 0.3) is 0 Å². The molecule has 0 unspecified atom stereocenters. The molecule has 0 aliphatic rings. The van der Waals surface area contributed by atoms with E-state index in [4.69, 9.17) is 15.2 Å². The SMILES string of the molecule is CCOc1cccc(CCN)c1OCCc1scnc1C. The highest BCUT2D eigenvalue weighted by Gasteiger charge is 2.11. The van der Waals surface area contributed by atoms with Crippen LogP contribution >= 0.6 is 11.3 Å². The monoisotopic (exact) mass is 306 g/mol. The van der Waals surface area contributed by atoms with Crippen molar-refractivity contribution in [2.75, 3.05) is 19.8 Å². The molecule has 114 valence electrons.